The zero-order chi connectivity index (χ0) is 9.84. The van der Waals surface area contributed by atoms with Crippen molar-refractivity contribution in [3.8, 4) is 5.75 Å². The molecule has 0 bridgehead atoms. The minimum absolute atomic E-state index is 0.173. The van der Waals surface area contributed by atoms with Gasteiger partial charge in [0.2, 0.25) is 0 Å². The topological polar surface area (TPSA) is 35.2 Å². The lowest BCUT2D eigenvalue weighted by atomic mass is 9.95. The Morgan fingerprint density at radius 2 is 2.00 bits per heavy atom. The number of hydrogen-bond acceptors (Lipinski definition) is 2. The smallest absolute Gasteiger partial charge is 0.119 e. The molecule has 2 heteroatoms. The number of methoxy groups -OCH3 is 1. The van der Waals surface area contributed by atoms with Gasteiger partial charge in [0.15, 0.2) is 0 Å². The van der Waals surface area contributed by atoms with Gasteiger partial charge < -0.3 is 10.5 Å². The first-order valence-corrected chi connectivity index (χ1v) is 4.54. The van der Waals surface area contributed by atoms with E-state index in [1.807, 2.05) is 25.1 Å². The van der Waals surface area contributed by atoms with E-state index in [9.17, 15) is 0 Å². The van der Waals surface area contributed by atoms with Gasteiger partial charge in [0.25, 0.3) is 0 Å². The third-order valence-electron chi connectivity index (χ3n) is 2.41. The maximum absolute atomic E-state index is 5.82. The average molecular weight is 179 g/mol. The van der Waals surface area contributed by atoms with Crippen LogP contribution in [0.25, 0.3) is 0 Å². The average Bonchev–Trinajstić information content (AvgIpc) is 2.16. The fraction of sp³-hybridized carbons (Fsp3) is 0.455. The van der Waals surface area contributed by atoms with Crippen LogP contribution >= 0.6 is 0 Å². The normalized spacial score (nSPS) is 15.1. The first-order chi connectivity index (χ1) is 6.15. The summed E-state index contributed by atoms with van der Waals surface area (Å²) in [5.41, 5.74) is 7.05. The van der Waals surface area contributed by atoms with Gasteiger partial charge in [0.05, 0.1) is 7.11 Å². The summed E-state index contributed by atoms with van der Waals surface area (Å²) in [6.07, 6.45) is 0. The van der Waals surface area contributed by atoms with Crippen LogP contribution < -0.4 is 10.5 Å². The van der Waals surface area contributed by atoms with Gasteiger partial charge >= 0.3 is 0 Å². The number of ether oxygens (including phenoxy) is 1. The maximum Gasteiger partial charge on any atom is 0.119 e. The molecule has 72 valence electrons. The van der Waals surface area contributed by atoms with Crippen molar-refractivity contribution in [2.45, 2.75) is 25.8 Å². The molecule has 0 spiro atoms. The molecule has 0 fully saturated rings. The lowest BCUT2D eigenvalue weighted by Crippen LogP contribution is -2.22. The molecule has 2 nitrogen and oxygen atoms in total. The van der Waals surface area contributed by atoms with Crippen molar-refractivity contribution < 1.29 is 4.74 Å². The van der Waals surface area contributed by atoms with E-state index in [4.69, 9.17) is 10.5 Å². The third-order valence-corrected chi connectivity index (χ3v) is 2.41. The van der Waals surface area contributed by atoms with Gasteiger partial charge in [-0.05, 0) is 30.5 Å². The van der Waals surface area contributed by atoms with Crippen LogP contribution in [0.4, 0.5) is 0 Å². The molecule has 1 aromatic carbocycles. The summed E-state index contributed by atoms with van der Waals surface area (Å²) in [7, 11) is 1.68. The Bertz CT molecular complexity index is 271. The Morgan fingerprint density at radius 1 is 1.31 bits per heavy atom. The number of benzene rings is 1. The molecule has 0 aliphatic heterocycles. The van der Waals surface area contributed by atoms with E-state index in [0.717, 1.165) is 5.75 Å². The van der Waals surface area contributed by atoms with Gasteiger partial charge in [0.1, 0.15) is 5.75 Å². The maximum atomic E-state index is 5.82. The highest BCUT2D eigenvalue weighted by atomic mass is 16.5. The number of nitrogens with two attached hydrogens (primary N) is 1. The van der Waals surface area contributed by atoms with Crippen molar-refractivity contribution in [1.82, 2.24) is 0 Å². The molecule has 1 rings (SSSR count). The van der Waals surface area contributed by atoms with E-state index in [2.05, 4.69) is 13.0 Å². The third kappa shape index (κ3) is 2.46. The van der Waals surface area contributed by atoms with Crippen molar-refractivity contribution in [1.29, 1.82) is 0 Å². The first kappa shape index (κ1) is 10.1. The van der Waals surface area contributed by atoms with Crippen LogP contribution in [0.5, 0.6) is 5.75 Å². The Kier molecular flexibility index (Phi) is 3.32. The molecule has 2 atom stereocenters. The van der Waals surface area contributed by atoms with Gasteiger partial charge in [-0.25, -0.2) is 0 Å². The van der Waals surface area contributed by atoms with Gasteiger partial charge in [-0.15, -0.1) is 0 Å². The molecule has 0 amide bonds. The second kappa shape index (κ2) is 4.28. The van der Waals surface area contributed by atoms with Crippen LogP contribution in [0.3, 0.4) is 0 Å². The predicted molar refractivity (Wildman–Crippen MR) is 55.1 cm³/mol. The first-order valence-electron chi connectivity index (χ1n) is 4.54. The summed E-state index contributed by atoms with van der Waals surface area (Å²) in [4.78, 5) is 0. The van der Waals surface area contributed by atoms with Crippen LogP contribution in [0.1, 0.15) is 25.3 Å². The number of rotatable bonds is 3. The highest BCUT2D eigenvalue weighted by Crippen LogP contribution is 2.21. The Morgan fingerprint density at radius 3 is 2.54 bits per heavy atom. The van der Waals surface area contributed by atoms with Crippen LogP contribution in [0.15, 0.2) is 24.3 Å². The van der Waals surface area contributed by atoms with Gasteiger partial charge in [-0.3, -0.25) is 0 Å². The molecule has 2 N–H and O–H groups in total. The highest BCUT2D eigenvalue weighted by molar-refractivity contribution is 5.31. The van der Waals surface area contributed by atoms with Gasteiger partial charge in [-0.2, -0.15) is 0 Å². The minimum Gasteiger partial charge on any atom is -0.497 e. The molecule has 2 unspecified atom stereocenters. The van der Waals surface area contributed by atoms with Crippen molar-refractivity contribution in [3.05, 3.63) is 29.8 Å². The molecule has 0 radical (unpaired) electrons. The zero-order valence-corrected chi connectivity index (χ0v) is 8.45. The summed E-state index contributed by atoms with van der Waals surface area (Å²) < 4.78 is 5.14. The molecule has 0 aliphatic rings. The van der Waals surface area contributed by atoms with Crippen LogP contribution in [0.2, 0.25) is 0 Å². The summed E-state index contributed by atoms with van der Waals surface area (Å²) in [5, 5.41) is 0. The second-order valence-corrected chi connectivity index (χ2v) is 3.42. The largest absolute Gasteiger partial charge is 0.497 e. The van der Waals surface area contributed by atoms with E-state index >= 15 is 0 Å². The van der Waals surface area contributed by atoms with Crippen molar-refractivity contribution >= 4 is 0 Å². The van der Waals surface area contributed by atoms with Crippen LogP contribution in [-0.2, 0) is 0 Å². The lowest BCUT2D eigenvalue weighted by molar-refractivity contribution is 0.413. The quantitative estimate of drug-likeness (QED) is 0.771. The van der Waals surface area contributed by atoms with Crippen molar-refractivity contribution in [3.63, 3.8) is 0 Å². The monoisotopic (exact) mass is 179 g/mol. The van der Waals surface area contributed by atoms with E-state index in [0.29, 0.717) is 5.92 Å². The second-order valence-electron chi connectivity index (χ2n) is 3.42. The van der Waals surface area contributed by atoms with E-state index in [-0.39, 0.29) is 6.04 Å². The molecule has 0 aliphatic carbocycles. The lowest BCUT2D eigenvalue weighted by Gasteiger charge is -2.16. The summed E-state index contributed by atoms with van der Waals surface area (Å²) >= 11 is 0. The Balaban J connectivity index is 2.88. The molecule has 13 heavy (non-hydrogen) atoms. The summed E-state index contributed by atoms with van der Waals surface area (Å²) in [6, 6.07) is 8.22. The molecule has 0 heterocycles. The fourth-order valence-electron chi connectivity index (χ4n) is 1.23. The van der Waals surface area contributed by atoms with Crippen molar-refractivity contribution in [2.24, 2.45) is 5.73 Å². The minimum atomic E-state index is 0.173. The summed E-state index contributed by atoms with van der Waals surface area (Å²) in [6.45, 7) is 4.14. The Labute approximate surface area is 79.7 Å². The van der Waals surface area contributed by atoms with E-state index < -0.39 is 0 Å². The van der Waals surface area contributed by atoms with Crippen LogP contribution in [-0.4, -0.2) is 13.2 Å². The Hall–Kier alpha value is -1.02. The molecule has 0 aromatic heterocycles. The van der Waals surface area contributed by atoms with Crippen molar-refractivity contribution in [2.75, 3.05) is 7.11 Å². The molecular weight excluding hydrogens is 162 g/mol. The summed E-state index contributed by atoms with van der Waals surface area (Å²) in [5.74, 6) is 1.26. The predicted octanol–water partition coefficient (Wildman–Crippen LogP) is 2.15. The molecular formula is C11H17NO. The fourth-order valence-corrected chi connectivity index (χ4v) is 1.23. The molecule has 1 aromatic rings. The van der Waals surface area contributed by atoms with E-state index in [1.165, 1.54) is 5.56 Å². The molecule has 0 saturated heterocycles. The van der Waals surface area contributed by atoms with E-state index in [1.54, 1.807) is 7.11 Å². The van der Waals surface area contributed by atoms with Gasteiger partial charge in [0, 0.05) is 6.04 Å². The SMILES string of the molecule is COc1cccc(C(C)C(C)N)c1. The molecule has 0 saturated carbocycles. The zero-order valence-electron chi connectivity index (χ0n) is 8.45. The highest BCUT2D eigenvalue weighted by Gasteiger charge is 2.10. The number of hydrogen-bond donors (Lipinski definition) is 1. The standard InChI is InChI=1S/C11H17NO/c1-8(9(2)12)10-5-4-6-11(7-10)13-3/h4-9H,12H2,1-3H3. The van der Waals surface area contributed by atoms with Gasteiger partial charge in [-0.1, -0.05) is 19.1 Å². The van der Waals surface area contributed by atoms with Crippen LogP contribution in [0, 0.1) is 0 Å².